The molecular formula is C14H12Cl2N2O2. The number of anilines is 1. The molecule has 0 aliphatic heterocycles. The van der Waals surface area contributed by atoms with E-state index in [1.807, 2.05) is 30.3 Å². The summed E-state index contributed by atoms with van der Waals surface area (Å²) < 4.78 is 5.03. The number of hydrogen-bond donors (Lipinski definition) is 2. The summed E-state index contributed by atoms with van der Waals surface area (Å²) >= 11 is 12.0. The van der Waals surface area contributed by atoms with Crippen molar-refractivity contribution in [3.8, 4) is 5.75 Å². The zero-order valence-electron chi connectivity index (χ0n) is 10.6. The van der Waals surface area contributed by atoms with Crippen LogP contribution in [0.2, 0.25) is 10.0 Å². The number of nitrogens with one attached hydrogen (secondary N) is 2. The molecule has 0 radical (unpaired) electrons. The van der Waals surface area contributed by atoms with Crippen LogP contribution in [0, 0.1) is 0 Å². The number of amides is 1. The maximum atomic E-state index is 12.0. The third kappa shape index (κ3) is 3.35. The Bertz CT molecular complexity index is 595. The molecule has 0 fully saturated rings. The van der Waals surface area contributed by atoms with Gasteiger partial charge in [-0.3, -0.25) is 15.6 Å². The van der Waals surface area contributed by atoms with Gasteiger partial charge in [0.05, 0.1) is 22.8 Å². The first kappa shape index (κ1) is 14.5. The van der Waals surface area contributed by atoms with Gasteiger partial charge in [0, 0.05) is 5.56 Å². The minimum Gasteiger partial charge on any atom is -0.494 e. The van der Waals surface area contributed by atoms with Gasteiger partial charge in [0.2, 0.25) is 0 Å². The lowest BCUT2D eigenvalue weighted by Gasteiger charge is -2.10. The van der Waals surface area contributed by atoms with Gasteiger partial charge in [-0.1, -0.05) is 41.4 Å². The van der Waals surface area contributed by atoms with Crippen LogP contribution >= 0.6 is 23.2 Å². The average molecular weight is 311 g/mol. The van der Waals surface area contributed by atoms with E-state index >= 15 is 0 Å². The van der Waals surface area contributed by atoms with Gasteiger partial charge in [-0.15, -0.1) is 0 Å². The summed E-state index contributed by atoms with van der Waals surface area (Å²) in [6, 6.07) is 12.2. The minimum absolute atomic E-state index is 0.282. The number of ether oxygens (including phenoxy) is 1. The number of hydrazine groups is 1. The van der Waals surface area contributed by atoms with Gasteiger partial charge >= 0.3 is 0 Å². The quantitative estimate of drug-likeness (QED) is 0.845. The van der Waals surface area contributed by atoms with E-state index in [2.05, 4.69) is 10.9 Å². The van der Waals surface area contributed by atoms with Crippen molar-refractivity contribution in [2.45, 2.75) is 0 Å². The topological polar surface area (TPSA) is 50.4 Å². The van der Waals surface area contributed by atoms with Crippen LogP contribution < -0.4 is 15.6 Å². The second-order valence-corrected chi connectivity index (χ2v) is 4.73. The number of hydrogen-bond acceptors (Lipinski definition) is 3. The van der Waals surface area contributed by atoms with Crippen LogP contribution in [0.4, 0.5) is 5.69 Å². The molecule has 0 unspecified atom stereocenters. The highest BCUT2D eigenvalue weighted by Gasteiger charge is 2.13. The first-order valence-corrected chi connectivity index (χ1v) is 6.52. The van der Waals surface area contributed by atoms with Crippen molar-refractivity contribution < 1.29 is 9.53 Å². The number of rotatable bonds is 4. The largest absolute Gasteiger partial charge is 0.494 e. The fourth-order valence-corrected chi connectivity index (χ4v) is 2.25. The molecule has 2 aromatic carbocycles. The third-order valence-electron chi connectivity index (χ3n) is 2.56. The molecule has 0 aliphatic rings. The van der Waals surface area contributed by atoms with Crippen LogP contribution in [0.15, 0.2) is 42.5 Å². The van der Waals surface area contributed by atoms with E-state index in [-0.39, 0.29) is 16.0 Å². The van der Waals surface area contributed by atoms with Crippen LogP contribution in [0.3, 0.4) is 0 Å². The molecule has 2 N–H and O–H groups in total. The third-order valence-corrected chi connectivity index (χ3v) is 3.12. The van der Waals surface area contributed by atoms with E-state index in [4.69, 9.17) is 27.9 Å². The van der Waals surface area contributed by atoms with E-state index in [1.54, 1.807) is 0 Å². The predicted octanol–water partition coefficient (Wildman–Crippen LogP) is 3.76. The van der Waals surface area contributed by atoms with Gasteiger partial charge in [-0.2, -0.15) is 0 Å². The number of halogens is 2. The molecule has 2 rings (SSSR count). The van der Waals surface area contributed by atoms with Gasteiger partial charge < -0.3 is 4.74 Å². The van der Waals surface area contributed by atoms with Gasteiger partial charge in [0.15, 0.2) is 5.75 Å². The van der Waals surface area contributed by atoms with Crippen molar-refractivity contribution in [1.82, 2.24) is 5.43 Å². The van der Waals surface area contributed by atoms with E-state index in [0.717, 1.165) is 5.69 Å². The summed E-state index contributed by atoms with van der Waals surface area (Å²) in [6.07, 6.45) is 0. The Hall–Kier alpha value is -1.91. The Morgan fingerprint density at radius 2 is 1.70 bits per heavy atom. The van der Waals surface area contributed by atoms with Crippen LogP contribution in [0.5, 0.6) is 5.75 Å². The van der Waals surface area contributed by atoms with Crippen LogP contribution in [-0.4, -0.2) is 13.0 Å². The first-order valence-electron chi connectivity index (χ1n) is 5.76. The van der Waals surface area contributed by atoms with Crippen LogP contribution in [0.1, 0.15) is 10.4 Å². The highest BCUT2D eigenvalue weighted by molar-refractivity contribution is 6.37. The Morgan fingerprint density at radius 3 is 2.25 bits per heavy atom. The lowest BCUT2D eigenvalue weighted by molar-refractivity contribution is 0.0962. The fourth-order valence-electron chi connectivity index (χ4n) is 1.61. The zero-order valence-corrected chi connectivity index (χ0v) is 12.1. The molecule has 2 aromatic rings. The first-order chi connectivity index (χ1) is 9.61. The number of carbonyl (C=O) groups excluding carboxylic acids is 1. The molecule has 1 amide bonds. The molecule has 6 heteroatoms. The van der Waals surface area contributed by atoms with E-state index in [1.165, 1.54) is 19.2 Å². The Balaban J connectivity index is 2.10. The molecule has 0 spiro atoms. The van der Waals surface area contributed by atoms with E-state index in [0.29, 0.717) is 11.3 Å². The van der Waals surface area contributed by atoms with Crippen molar-refractivity contribution in [2.24, 2.45) is 0 Å². The molecule has 0 aromatic heterocycles. The lowest BCUT2D eigenvalue weighted by atomic mass is 10.2. The zero-order chi connectivity index (χ0) is 14.5. The maximum Gasteiger partial charge on any atom is 0.269 e. The minimum atomic E-state index is -0.347. The van der Waals surface area contributed by atoms with Crippen molar-refractivity contribution in [2.75, 3.05) is 12.5 Å². The van der Waals surface area contributed by atoms with Gasteiger partial charge in [-0.05, 0) is 24.3 Å². The standard InChI is InChI=1S/C14H12Cl2N2O2/c1-20-13-11(15)7-9(8-12(13)16)14(19)18-17-10-5-3-2-4-6-10/h2-8,17H,1H3,(H,18,19). The summed E-state index contributed by atoms with van der Waals surface area (Å²) in [5.74, 6) is 0.00112. The summed E-state index contributed by atoms with van der Waals surface area (Å²) in [4.78, 5) is 12.0. The van der Waals surface area contributed by atoms with Gasteiger partial charge in [0.25, 0.3) is 5.91 Å². The number of methoxy groups -OCH3 is 1. The molecule has 0 saturated heterocycles. The lowest BCUT2D eigenvalue weighted by Crippen LogP contribution is -2.29. The molecule has 104 valence electrons. The highest BCUT2D eigenvalue weighted by atomic mass is 35.5. The molecule has 0 heterocycles. The predicted molar refractivity (Wildman–Crippen MR) is 80.5 cm³/mol. The molecular weight excluding hydrogens is 299 g/mol. The Kier molecular flexibility index (Phi) is 4.71. The SMILES string of the molecule is COc1c(Cl)cc(C(=O)NNc2ccccc2)cc1Cl. The molecule has 4 nitrogen and oxygen atoms in total. The fraction of sp³-hybridized carbons (Fsp3) is 0.0714. The van der Waals surface area contributed by atoms with E-state index < -0.39 is 0 Å². The molecule has 0 atom stereocenters. The van der Waals surface area contributed by atoms with Crippen molar-refractivity contribution >= 4 is 34.8 Å². The van der Waals surface area contributed by atoms with Crippen LogP contribution in [-0.2, 0) is 0 Å². The number of benzene rings is 2. The number of carbonyl (C=O) groups is 1. The summed E-state index contributed by atoms with van der Waals surface area (Å²) in [5.41, 5.74) is 6.46. The van der Waals surface area contributed by atoms with Crippen molar-refractivity contribution in [1.29, 1.82) is 0 Å². The smallest absolute Gasteiger partial charge is 0.269 e. The summed E-state index contributed by atoms with van der Waals surface area (Å²) in [6.45, 7) is 0. The Labute approximate surface area is 126 Å². The van der Waals surface area contributed by atoms with E-state index in [9.17, 15) is 4.79 Å². The van der Waals surface area contributed by atoms with Gasteiger partial charge in [-0.25, -0.2) is 0 Å². The molecule has 0 aliphatic carbocycles. The van der Waals surface area contributed by atoms with Gasteiger partial charge in [0.1, 0.15) is 0 Å². The van der Waals surface area contributed by atoms with Crippen molar-refractivity contribution in [3.05, 3.63) is 58.1 Å². The second kappa shape index (κ2) is 6.50. The Morgan fingerprint density at radius 1 is 1.10 bits per heavy atom. The second-order valence-electron chi connectivity index (χ2n) is 3.92. The monoisotopic (exact) mass is 310 g/mol. The summed E-state index contributed by atoms with van der Waals surface area (Å²) in [5, 5.41) is 0.565. The maximum absolute atomic E-state index is 12.0. The average Bonchev–Trinajstić information content (AvgIpc) is 2.45. The summed E-state index contributed by atoms with van der Waals surface area (Å²) in [7, 11) is 1.46. The van der Waals surface area contributed by atoms with Crippen LogP contribution in [0.25, 0.3) is 0 Å². The highest BCUT2D eigenvalue weighted by Crippen LogP contribution is 2.33. The van der Waals surface area contributed by atoms with Crippen molar-refractivity contribution in [3.63, 3.8) is 0 Å². The molecule has 0 saturated carbocycles. The number of para-hydroxylation sites is 1. The normalized spacial score (nSPS) is 9.95. The molecule has 0 bridgehead atoms. The molecule has 20 heavy (non-hydrogen) atoms.